The molecule has 0 aromatic heterocycles. The predicted molar refractivity (Wildman–Crippen MR) is 88.7 cm³/mol. The van der Waals surface area contributed by atoms with Gasteiger partial charge in [0.05, 0.1) is 5.56 Å². The SMILES string of the molecule is CC(C)Nc1ccccc1C(=O)N1CCC(C(C)C)CC1. The first-order chi connectivity index (χ1) is 9.99. The molecule has 0 radical (unpaired) electrons. The molecule has 1 aliphatic heterocycles. The summed E-state index contributed by atoms with van der Waals surface area (Å²) in [6.07, 6.45) is 2.26. The van der Waals surface area contributed by atoms with Gasteiger partial charge in [-0.2, -0.15) is 0 Å². The van der Waals surface area contributed by atoms with Crippen LogP contribution in [0.2, 0.25) is 0 Å². The van der Waals surface area contributed by atoms with E-state index in [0.717, 1.165) is 49.0 Å². The number of anilines is 1. The van der Waals surface area contributed by atoms with E-state index in [1.807, 2.05) is 29.2 Å². The summed E-state index contributed by atoms with van der Waals surface area (Å²) >= 11 is 0. The van der Waals surface area contributed by atoms with Crippen LogP contribution in [0.3, 0.4) is 0 Å². The first-order valence-electron chi connectivity index (χ1n) is 8.14. The Morgan fingerprint density at radius 2 is 1.76 bits per heavy atom. The second-order valence-corrected chi connectivity index (χ2v) is 6.72. The fraction of sp³-hybridized carbons (Fsp3) is 0.611. The van der Waals surface area contributed by atoms with Crippen LogP contribution in [0.4, 0.5) is 5.69 Å². The minimum absolute atomic E-state index is 0.168. The van der Waals surface area contributed by atoms with Crippen molar-refractivity contribution in [2.75, 3.05) is 18.4 Å². The number of para-hydroxylation sites is 1. The summed E-state index contributed by atoms with van der Waals surface area (Å²) in [7, 11) is 0. The highest BCUT2D eigenvalue weighted by Gasteiger charge is 2.26. The zero-order valence-corrected chi connectivity index (χ0v) is 13.7. The number of carbonyl (C=O) groups excluding carboxylic acids is 1. The lowest BCUT2D eigenvalue weighted by Gasteiger charge is -2.34. The molecule has 1 aromatic rings. The lowest BCUT2D eigenvalue weighted by molar-refractivity contribution is 0.0668. The number of hydrogen-bond donors (Lipinski definition) is 1. The molecule has 0 unspecified atom stereocenters. The van der Waals surface area contributed by atoms with Crippen LogP contribution in [0.15, 0.2) is 24.3 Å². The van der Waals surface area contributed by atoms with Crippen molar-refractivity contribution in [1.29, 1.82) is 0 Å². The molecule has 0 aliphatic carbocycles. The second kappa shape index (κ2) is 6.97. The number of amides is 1. The van der Waals surface area contributed by atoms with Crippen molar-refractivity contribution in [3.63, 3.8) is 0 Å². The van der Waals surface area contributed by atoms with Gasteiger partial charge in [0, 0.05) is 24.8 Å². The maximum Gasteiger partial charge on any atom is 0.255 e. The average molecular weight is 288 g/mol. The molecule has 1 aromatic carbocycles. The Labute approximate surface area is 128 Å². The summed E-state index contributed by atoms with van der Waals surface area (Å²) in [6.45, 7) is 10.5. The van der Waals surface area contributed by atoms with Crippen LogP contribution in [0.5, 0.6) is 0 Å². The third-order valence-corrected chi connectivity index (χ3v) is 4.37. The van der Waals surface area contributed by atoms with E-state index in [1.54, 1.807) is 0 Å². The molecule has 0 atom stereocenters. The van der Waals surface area contributed by atoms with Crippen LogP contribution in [-0.4, -0.2) is 29.9 Å². The molecule has 1 aliphatic rings. The third kappa shape index (κ3) is 3.99. The molecule has 0 saturated carbocycles. The van der Waals surface area contributed by atoms with E-state index in [2.05, 4.69) is 33.0 Å². The zero-order valence-electron chi connectivity index (χ0n) is 13.7. The lowest BCUT2D eigenvalue weighted by atomic mass is 9.86. The fourth-order valence-electron chi connectivity index (χ4n) is 3.05. The molecule has 1 fully saturated rings. The molecule has 1 saturated heterocycles. The summed E-state index contributed by atoms with van der Waals surface area (Å²) in [5.41, 5.74) is 1.75. The number of carbonyl (C=O) groups is 1. The van der Waals surface area contributed by atoms with E-state index < -0.39 is 0 Å². The maximum atomic E-state index is 12.8. The number of benzene rings is 1. The molecule has 21 heavy (non-hydrogen) atoms. The largest absolute Gasteiger partial charge is 0.382 e. The third-order valence-electron chi connectivity index (χ3n) is 4.37. The first kappa shape index (κ1) is 15.9. The van der Waals surface area contributed by atoms with Crippen LogP contribution in [0.25, 0.3) is 0 Å². The number of nitrogens with zero attached hydrogens (tertiary/aromatic N) is 1. The van der Waals surface area contributed by atoms with Crippen molar-refractivity contribution in [1.82, 2.24) is 4.90 Å². The Morgan fingerprint density at radius 1 is 1.14 bits per heavy atom. The van der Waals surface area contributed by atoms with Crippen LogP contribution < -0.4 is 5.32 Å². The van der Waals surface area contributed by atoms with Gasteiger partial charge >= 0.3 is 0 Å². The molecule has 116 valence electrons. The van der Waals surface area contributed by atoms with Gasteiger partial charge in [-0.15, -0.1) is 0 Å². The number of nitrogens with one attached hydrogen (secondary N) is 1. The van der Waals surface area contributed by atoms with Gasteiger partial charge in [-0.3, -0.25) is 4.79 Å². The number of rotatable bonds is 4. The summed E-state index contributed by atoms with van der Waals surface area (Å²) in [5.74, 6) is 1.65. The van der Waals surface area contributed by atoms with E-state index in [0.29, 0.717) is 6.04 Å². The summed E-state index contributed by atoms with van der Waals surface area (Å²) in [6, 6.07) is 8.17. The van der Waals surface area contributed by atoms with E-state index in [-0.39, 0.29) is 5.91 Å². The van der Waals surface area contributed by atoms with Gasteiger partial charge in [0.25, 0.3) is 5.91 Å². The second-order valence-electron chi connectivity index (χ2n) is 6.72. The first-order valence-corrected chi connectivity index (χ1v) is 8.14. The molecular formula is C18H28N2O. The number of hydrogen-bond acceptors (Lipinski definition) is 2. The quantitative estimate of drug-likeness (QED) is 0.907. The highest BCUT2D eigenvalue weighted by molar-refractivity contribution is 5.99. The monoisotopic (exact) mass is 288 g/mol. The van der Waals surface area contributed by atoms with Crippen LogP contribution in [-0.2, 0) is 0 Å². The molecule has 3 heteroatoms. The van der Waals surface area contributed by atoms with Gasteiger partial charge in [0.15, 0.2) is 0 Å². The normalized spacial score (nSPS) is 16.6. The molecule has 3 nitrogen and oxygen atoms in total. The summed E-state index contributed by atoms with van der Waals surface area (Å²) in [5, 5.41) is 3.37. The minimum Gasteiger partial charge on any atom is -0.382 e. The Bertz CT molecular complexity index is 474. The predicted octanol–water partition coefficient (Wildman–Crippen LogP) is 4.02. The fourth-order valence-corrected chi connectivity index (χ4v) is 3.05. The molecule has 1 heterocycles. The highest BCUT2D eigenvalue weighted by atomic mass is 16.2. The van der Waals surface area contributed by atoms with Crippen LogP contribution in [0, 0.1) is 11.8 Å². The van der Waals surface area contributed by atoms with Crippen molar-refractivity contribution >= 4 is 11.6 Å². The number of likely N-dealkylation sites (tertiary alicyclic amines) is 1. The topological polar surface area (TPSA) is 32.3 Å². The maximum absolute atomic E-state index is 12.8. The van der Waals surface area contributed by atoms with Crippen molar-refractivity contribution in [3.05, 3.63) is 29.8 Å². The minimum atomic E-state index is 0.168. The van der Waals surface area contributed by atoms with Gasteiger partial charge in [-0.25, -0.2) is 0 Å². The van der Waals surface area contributed by atoms with E-state index in [1.165, 1.54) is 0 Å². The smallest absolute Gasteiger partial charge is 0.255 e. The van der Waals surface area contributed by atoms with Crippen LogP contribution >= 0.6 is 0 Å². The van der Waals surface area contributed by atoms with Gasteiger partial charge in [0.2, 0.25) is 0 Å². The van der Waals surface area contributed by atoms with Crippen LogP contribution in [0.1, 0.15) is 50.9 Å². The summed E-state index contributed by atoms with van der Waals surface area (Å²) < 4.78 is 0. The zero-order chi connectivity index (χ0) is 15.4. The van der Waals surface area contributed by atoms with Gasteiger partial charge < -0.3 is 10.2 Å². The van der Waals surface area contributed by atoms with Crippen molar-refractivity contribution in [2.45, 2.75) is 46.6 Å². The molecular weight excluding hydrogens is 260 g/mol. The van der Waals surface area contributed by atoms with E-state index >= 15 is 0 Å². The van der Waals surface area contributed by atoms with Crippen molar-refractivity contribution in [3.8, 4) is 0 Å². The lowest BCUT2D eigenvalue weighted by Crippen LogP contribution is -2.39. The summed E-state index contributed by atoms with van der Waals surface area (Å²) in [4.78, 5) is 14.8. The highest BCUT2D eigenvalue weighted by Crippen LogP contribution is 2.26. The van der Waals surface area contributed by atoms with Gasteiger partial charge in [0.1, 0.15) is 0 Å². The van der Waals surface area contributed by atoms with E-state index in [9.17, 15) is 4.79 Å². The van der Waals surface area contributed by atoms with Crippen molar-refractivity contribution < 1.29 is 4.79 Å². The molecule has 0 spiro atoms. The molecule has 1 amide bonds. The molecule has 0 bridgehead atoms. The van der Waals surface area contributed by atoms with Gasteiger partial charge in [-0.05, 0) is 50.7 Å². The van der Waals surface area contributed by atoms with Gasteiger partial charge in [-0.1, -0.05) is 26.0 Å². The molecule has 2 rings (SSSR count). The Balaban J connectivity index is 2.07. The van der Waals surface area contributed by atoms with Crippen molar-refractivity contribution in [2.24, 2.45) is 11.8 Å². The Hall–Kier alpha value is -1.51. The average Bonchev–Trinajstić information content (AvgIpc) is 2.46. The Kier molecular flexibility index (Phi) is 5.27. The standard InChI is InChI=1S/C18H28N2O/c1-13(2)15-9-11-20(12-10-15)18(21)16-7-5-6-8-17(16)19-14(3)4/h5-8,13-15,19H,9-12H2,1-4H3. The van der Waals surface area contributed by atoms with E-state index in [4.69, 9.17) is 0 Å². The number of piperidine rings is 1. The Morgan fingerprint density at radius 3 is 2.33 bits per heavy atom. The molecule has 1 N–H and O–H groups in total.